The van der Waals surface area contributed by atoms with Crippen molar-refractivity contribution < 1.29 is 14.2 Å². The lowest BCUT2D eigenvalue weighted by molar-refractivity contribution is 0.0888. The van der Waals surface area contributed by atoms with E-state index < -0.39 is 0 Å². The van der Waals surface area contributed by atoms with Crippen LogP contribution in [0.15, 0.2) is 4.99 Å². The van der Waals surface area contributed by atoms with Crippen molar-refractivity contribution in [3.63, 3.8) is 0 Å². The number of nitrogens with zero attached hydrogens (tertiary/aromatic N) is 1. The highest BCUT2D eigenvalue weighted by atomic mass is 16.5. The Labute approximate surface area is 134 Å². The molecular weight excluding hydrogens is 282 g/mol. The molecule has 0 aromatic heterocycles. The summed E-state index contributed by atoms with van der Waals surface area (Å²) in [6.45, 7) is 8.81. The molecule has 2 aliphatic rings. The highest BCUT2D eigenvalue weighted by Gasteiger charge is 2.15. The Hall–Kier alpha value is -0.850. The number of hydrogen-bond acceptors (Lipinski definition) is 4. The minimum absolute atomic E-state index is 0.299. The topological polar surface area (TPSA) is 64.1 Å². The van der Waals surface area contributed by atoms with Crippen LogP contribution in [-0.4, -0.2) is 64.7 Å². The minimum Gasteiger partial charge on any atom is -0.381 e. The first-order chi connectivity index (χ1) is 10.9. The lowest BCUT2D eigenvalue weighted by atomic mass is 10.1. The number of aliphatic imine (C=N–C) groups is 1. The molecular formula is C16H31N3O3. The number of ether oxygens (including phenoxy) is 3. The van der Waals surface area contributed by atoms with Crippen LogP contribution in [0, 0.1) is 5.92 Å². The summed E-state index contributed by atoms with van der Waals surface area (Å²) >= 11 is 0. The predicted molar refractivity (Wildman–Crippen MR) is 87.3 cm³/mol. The second-order valence-corrected chi connectivity index (χ2v) is 5.94. The van der Waals surface area contributed by atoms with E-state index in [2.05, 4.69) is 22.5 Å². The molecule has 22 heavy (non-hydrogen) atoms. The zero-order valence-electron chi connectivity index (χ0n) is 13.8. The summed E-state index contributed by atoms with van der Waals surface area (Å²) in [6, 6.07) is 0. The van der Waals surface area contributed by atoms with Gasteiger partial charge in [0.25, 0.3) is 0 Å². The summed E-state index contributed by atoms with van der Waals surface area (Å²) in [5.74, 6) is 1.47. The summed E-state index contributed by atoms with van der Waals surface area (Å²) in [5.41, 5.74) is 0. The van der Waals surface area contributed by atoms with Gasteiger partial charge in [0.2, 0.25) is 0 Å². The van der Waals surface area contributed by atoms with E-state index in [0.717, 1.165) is 84.3 Å². The maximum Gasteiger partial charge on any atom is 0.191 e. The number of guanidine groups is 1. The molecule has 0 aromatic rings. The van der Waals surface area contributed by atoms with E-state index in [1.54, 1.807) is 0 Å². The molecule has 0 bridgehead atoms. The fourth-order valence-electron chi connectivity index (χ4n) is 2.67. The van der Waals surface area contributed by atoms with Crippen LogP contribution >= 0.6 is 0 Å². The van der Waals surface area contributed by atoms with E-state index in [9.17, 15) is 0 Å². The standard InChI is InChI=1S/C16H31N3O3/c1-2-17-16(19-11-15-5-3-9-22-15)18-7-4-8-20-12-14-6-10-21-13-14/h14-15H,2-13H2,1H3,(H2,17,18,19). The van der Waals surface area contributed by atoms with E-state index >= 15 is 0 Å². The Morgan fingerprint density at radius 1 is 1.27 bits per heavy atom. The summed E-state index contributed by atoms with van der Waals surface area (Å²) < 4.78 is 16.6. The molecule has 2 heterocycles. The van der Waals surface area contributed by atoms with Crippen LogP contribution < -0.4 is 10.6 Å². The molecule has 6 heteroatoms. The van der Waals surface area contributed by atoms with Crippen LogP contribution in [0.1, 0.15) is 32.6 Å². The van der Waals surface area contributed by atoms with E-state index in [0.29, 0.717) is 12.0 Å². The second-order valence-electron chi connectivity index (χ2n) is 5.94. The van der Waals surface area contributed by atoms with Crippen molar-refractivity contribution in [3.05, 3.63) is 0 Å². The minimum atomic E-state index is 0.299. The first kappa shape index (κ1) is 17.5. The zero-order chi connectivity index (χ0) is 15.5. The van der Waals surface area contributed by atoms with Crippen LogP contribution in [0.4, 0.5) is 0 Å². The smallest absolute Gasteiger partial charge is 0.191 e. The van der Waals surface area contributed by atoms with Gasteiger partial charge in [0, 0.05) is 38.8 Å². The fraction of sp³-hybridized carbons (Fsp3) is 0.938. The third-order valence-corrected chi connectivity index (χ3v) is 3.96. The average Bonchev–Trinajstić information content (AvgIpc) is 3.21. The van der Waals surface area contributed by atoms with Crippen LogP contribution in [0.2, 0.25) is 0 Å². The Morgan fingerprint density at radius 2 is 2.23 bits per heavy atom. The number of rotatable bonds is 9. The van der Waals surface area contributed by atoms with Crippen molar-refractivity contribution in [1.82, 2.24) is 10.6 Å². The van der Waals surface area contributed by atoms with Gasteiger partial charge in [-0.05, 0) is 32.6 Å². The number of hydrogen-bond donors (Lipinski definition) is 2. The summed E-state index contributed by atoms with van der Waals surface area (Å²) in [7, 11) is 0. The van der Waals surface area contributed by atoms with E-state index in [1.165, 1.54) is 0 Å². The zero-order valence-corrected chi connectivity index (χ0v) is 13.8. The Balaban J connectivity index is 1.52. The Kier molecular flexibility index (Phi) is 8.60. The Morgan fingerprint density at radius 3 is 2.95 bits per heavy atom. The lowest BCUT2D eigenvalue weighted by Gasteiger charge is -2.13. The SMILES string of the molecule is CCNC(=NCC1CCCO1)NCCCOCC1CCOC1. The Bertz CT molecular complexity index is 314. The molecule has 0 spiro atoms. The molecule has 2 atom stereocenters. The van der Waals surface area contributed by atoms with Gasteiger partial charge in [-0.1, -0.05) is 0 Å². The van der Waals surface area contributed by atoms with Crippen LogP contribution in [0.3, 0.4) is 0 Å². The second kappa shape index (κ2) is 10.8. The summed E-state index contributed by atoms with van der Waals surface area (Å²) in [6.07, 6.45) is 4.71. The summed E-state index contributed by atoms with van der Waals surface area (Å²) in [4.78, 5) is 4.59. The molecule has 2 rings (SSSR count). The van der Waals surface area contributed by atoms with E-state index in [4.69, 9.17) is 14.2 Å². The normalized spacial score (nSPS) is 25.6. The monoisotopic (exact) mass is 313 g/mol. The van der Waals surface area contributed by atoms with Gasteiger partial charge in [-0.15, -0.1) is 0 Å². The van der Waals surface area contributed by atoms with Gasteiger partial charge in [0.15, 0.2) is 5.96 Å². The number of nitrogens with one attached hydrogen (secondary N) is 2. The molecule has 2 unspecified atom stereocenters. The van der Waals surface area contributed by atoms with Crippen molar-refractivity contribution in [2.24, 2.45) is 10.9 Å². The highest BCUT2D eigenvalue weighted by molar-refractivity contribution is 5.79. The predicted octanol–water partition coefficient (Wildman–Crippen LogP) is 1.16. The fourth-order valence-corrected chi connectivity index (χ4v) is 2.67. The van der Waals surface area contributed by atoms with Crippen LogP contribution in [-0.2, 0) is 14.2 Å². The van der Waals surface area contributed by atoms with Gasteiger partial charge in [-0.2, -0.15) is 0 Å². The van der Waals surface area contributed by atoms with E-state index in [-0.39, 0.29) is 0 Å². The molecule has 0 aromatic carbocycles. The van der Waals surface area contributed by atoms with Gasteiger partial charge >= 0.3 is 0 Å². The molecule has 0 saturated carbocycles. The van der Waals surface area contributed by atoms with Crippen molar-refractivity contribution >= 4 is 5.96 Å². The quantitative estimate of drug-likeness (QED) is 0.380. The van der Waals surface area contributed by atoms with Gasteiger partial charge < -0.3 is 24.8 Å². The van der Waals surface area contributed by atoms with Gasteiger partial charge in [0.05, 0.1) is 25.9 Å². The molecule has 128 valence electrons. The molecule has 2 saturated heterocycles. The van der Waals surface area contributed by atoms with E-state index in [1.807, 2.05) is 0 Å². The maximum atomic E-state index is 5.70. The van der Waals surface area contributed by atoms with Gasteiger partial charge in [0.1, 0.15) is 0 Å². The molecule has 2 fully saturated rings. The summed E-state index contributed by atoms with van der Waals surface area (Å²) in [5, 5.41) is 6.62. The van der Waals surface area contributed by atoms with Crippen LogP contribution in [0.25, 0.3) is 0 Å². The maximum absolute atomic E-state index is 5.70. The molecule has 0 radical (unpaired) electrons. The first-order valence-electron chi connectivity index (χ1n) is 8.67. The molecule has 2 N–H and O–H groups in total. The third kappa shape index (κ3) is 6.94. The van der Waals surface area contributed by atoms with Crippen molar-refractivity contribution in [2.75, 3.05) is 52.7 Å². The molecule has 6 nitrogen and oxygen atoms in total. The molecule has 2 aliphatic heterocycles. The largest absolute Gasteiger partial charge is 0.381 e. The van der Waals surface area contributed by atoms with Crippen LogP contribution in [0.5, 0.6) is 0 Å². The molecule has 0 aliphatic carbocycles. The average molecular weight is 313 g/mol. The van der Waals surface area contributed by atoms with Crippen molar-refractivity contribution in [1.29, 1.82) is 0 Å². The van der Waals surface area contributed by atoms with Gasteiger partial charge in [-0.3, -0.25) is 4.99 Å². The first-order valence-corrected chi connectivity index (χ1v) is 8.67. The van der Waals surface area contributed by atoms with Gasteiger partial charge in [-0.25, -0.2) is 0 Å². The van der Waals surface area contributed by atoms with Crippen molar-refractivity contribution in [3.8, 4) is 0 Å². The lowest BCUT2D eigenvalue weighted by Crippen LogP contribution is -2.38. The highest BCUT2D eigenvalue weighted by Crippen LogP contribution is 2.12. The third-order valence-electron chi connectivity index (χ3n) is 3.96. The molecule has 0 amide bonds. The van der Waals surface area contributed by atoms with Crippen molar-refractivity contribution in [2.45, 2.75) is 38.7 Å².